The van der Waals surface area contributed by atoms with Crippen LogP contribution in [0, 0.1) is 0 Å². The molecule has 0 aliphatic carbocycles. The van der Waals surface area contributed by atoms with Crippen LogP contribution in [0.3, 0.4) is 0 Å². The van der Waals surface area contributed by atoms with E-state index < -0.39 is 0 Å². The zero-order chi connectivity index (χ0) is 14.1. The Kier molecular flexibility index (Phi) is 3.27. The van der Waals surface area contributed by atoms with E-state index >= 15 is 0 Å². The Hall–Kier alpha value is -2.01. The molecule has 4 heterocycles. The first-order chi connectivity index (χ1) is 10.4. The summed E-state index contributed by atoms with van der Waals surface area (Å²) in [6.07, 6.45) is 7.64. The number of aromatic nitrogens is 3. The fourth-order valence-electron chi connectivity index (χ4n) is 3.08. The Labute approximate surface area is 127 Å². The minimum absolute atomic E-state index is 0.697. The summed E-state index contributed by atoms with van der Waals surface area (Å²) >= 11 is 1.79. The van der Waals surface area contributed by atoms with Gasteiger partial charge >= 0.3 is 0 Å². The van der Waals surface area contributed by atoms with E-state index in [9.17, 15) is 0 Å². The monoisotopic (exact) mass is 296 g/mol. The highest BCUT2D eigenvalue weighted by Gasteiger charge is 2.22. The molecule has 4 rings (SSSR count). The molecule has 1 aliphatic rings. The molecule has 3 aromatic rings. The number of hydrogen-bond donors (Lipinski definition) is 0. The van der Waals surface area contributed by atoms with E-state index in [1.165, 1.54) is 18.4 Å². The number of fused-ring (bicyclic) bond motifs is 1. The van der Waals surface area contributed by atoms with Crippen molar-refractivity contribution in [3.05, 3.63) is 47.2 Å². The number of anilines is 1. The number of thiophene rings is 1. The molecule has 0 saturated carbocycles. The summed E-state index contributed by atoms with van der Waals surface area (Å²) < 4.78 is 0. The van der Waals surface area contributed by atoms with Crippen molar-refractivity contribution in [2.75, 3.05) is 18.0 Å². The molecule has 106 valence electrons. The van der Waals surface area contributed by atoms with Gasteiger partial charge in [0.25, 0.3) is 0 Å². The molecule has 0 N–H and O–H groups in total. The van der Waals surface area contributed by atoms with E-state index in [1.807, 2.05) is 12.3 Å². The highest BCUT2D eigenvalue weighted by atomic mass is 32.1. The summed E-state index contributed by atoms with van der Waals surface area (Å²) in [5, 5.41) is 5.56. The number of rotatable bonds is 2. The molecule has 4 nitrogen and oxygen atoms in total. The Morgan fingerprint density at radius 1 is 1.14 bits per heavy atom. The first-order valence-corrected chi connectivity index (χ1v) is 8.18. The lowest BCUT2D eigenvalue weighted by atomic mass is 9.91. The predicted molar refractivity (Wildman–Crippen MR) is 85.8 cm³/mol. The van der Waals surface area contributed by atoms with Crippen LogP contribution in [-0.4, -0.2) is 28.0 Å². The lowest BCUT2D eigenvalue weighted by molar-refractivity contribution is 0.504. The van der Waals surface area contributed by atoms with Gasteiger partial charge in [0.2, 0.25) is 0 Å². The third-order valence-electron chi connectivity index (χ3n) is 4.23. The second-order valence-corrected chi connectivity index (χ2v) is 6.19. The van der Waals surface area contributed by atoms with Gasteiger partial charge < -0.3 is 4.90 Å². The van der Waals surface area contributed by atoms with Crippen LogP contribution < -0.4 is 4.90 Å². The van der Waals surface area contributed by atoms with Gasteiger partial charge in [0, 0.05) is 24.7 Å². The maximum absolute atomic E-state index is 4.51. The molecule has 1 fully saturated rings. The van der Waals surface area contributed by atoms with Crippen LogP contribution in [0.2, 0.25) is 0 Å². The van der Waals surface area contributed by atoms with Crippen molar-refractivity contribution in [2.24, 2.45) is 0 Å². The van der Waals surface area contributed by atoms with Crippen LogP contribution in [0.4, 0.5) is 5.82 Å². The zero-order valence-corrected chi connectivity index (χ0v) is 12.5. The van der Waals surface area contributed by atoms with Gasteiger partial charge in [0.05, 0.1) is 11.7 Å². The summed E-state index contributed by atoms with van der Waals surface area (Å²) in [4.78, 5) is 15.3. The Bertz CT molecular complexity index is 728. The van der Waals surface area contributed by atoms with E-state index in [0.29, 0.717) is 5.92 Å². The van der Waals surface area contributed by atoms with Gasteiger partial charge in [0.15, 0.2) is 0 Å². The van der Waals surface area contributed by atoms with E-state index in [0.717, 1.165) is 29.8 Å². The molecule has 0 aromatic carbocycles. The van der Waals surface area contributed by atoms with Gasteiger partial charge in [0.1, 0.15) is 12.1 Å². The number of nitrogens with zero attached hydrogens (tertiary/aromatic N) is 4. The standard InChI is InChI=1S/C16H16N4S/c1-5-17-9-15-14(1)16(19-11-18-15)20-6-2-12(3-7-20)13-4-8-21-10-13/h1,4-5,8-12H,2-3,6-7H2. The summed E-state index contributed by atoms with van der Waals surface area (Å²) in [6, 6.07) is 4.27. The number of pyridine rings is 1. The van der Waals surface area contributed by atoms with Crippen LogP contribution in [0.5, 0.6) is 0 Å². The smallest absolute Gasteiger partial charge is 0.139 e. The molecule has 3 aromatic heterocycles. The van der Waals surface area contributed by atoms with Gasteiger partial charge in [-0.2, -0.15) is 11.3 Å². The molecule has 21 heavy (non-hydrogen) atoms. The molecular weight excluding hydrogens is 280 g/mol. The first kappa shape index (κ1) is 12.7. The van der Waals surface area contributed by atoms with Crippen molar-refractivity contribution in [3.8, 4) is 0 Å². The Balaban J connectivity index is 1.58. The quantitative estimate of drug-likeness (QED) is 0.726. The molecule has 0 spiro atoms. The molecule has 0 amide bonds. The minimum atomic E-state index is 0.697. The summed E-state index contributed by atoms with van der Waals surface area (Å²) in [5.41, 5.74) is 2.42. The van der Waals surface area contributed by atoms with Crippen LogP contribution in [0.15, 0.2) is 41.6 Å². The summed E-state index contributed by atoms with van der Waals surface area (Å²) in [7, 11) is 0. The normalized spacial score (nSPS) is 16.5. The molecule has 0 atom stereocenters. The topological polar surface area (TPSA) is 41.9 Å². The average Bonchev–Trinajstić information content (AvgIpc) is 3.09. The summed E-state index contributed by atoms with van der Waals surface area (Å²) in [6.45, 7) is 2.10. The van der Waals surface area contributed by atoms with E-state index in [4.69, 9.17) is 0 Å². The maximum atomic E-state index is 4.51. The number of piperidine rings is 1. The molecule has 5 heteroatoms. The van der Waals surface area contributed by atoms with E-state index in [1.54, 1.807) is 23.9 Å². The fourth-order valence-corrected chi connectivity index (χ4v) is 3.82. The van der Waals surface area contributed by atoms with Gasteiger partial charge in [-0.3, -0.25) is 4.98 Å². The van der Waals surface area contributed by atoms with Gasteiger partial charge in [-0.1, -0.05) is 0 Å². The fraction of sp³-hybridized carbons (Fsp3) is 0.312. The second-order valence-electron chi connectivity index (χ2n) is 5.41. The highest BCUT2D eigenvalue weighted by molar-refractivity contribution is 7.07. The van der Waals surface area contributed by atoms with E-state index in [-0.39, 0.29) is 0 Å². The zero-order valence-electron chi connectivity index (χ0n) is 11.6. The van der Waals surface area contributed by atoms with Crippen molar-refractivity contribution < 1.29 is 0 Å². The van der Waals surface area contributed by atoms with Crippen molar-refractivity contribution in [1.82, 2.24) is 15.0 Å². The van der Waals surface area contributed by atoms with Gasteiger partial charge in [-0.15, -0.1) is 0 Å². The van der Waals surface area contributed by atoms with Gasteiger partial charge in [-0.05, 0) is 47.2 Å². The van der Waals surface area contributed by atoms with Crippen molar-refractivity contribution in [3.63, 3.8) is 0 Å². The average molecular weight is 296 g/mol. The van der Waals surface area contributed by atoms with Crippen LogP contribution in [0.1, 0.15) is 24.3 Å². The third-order valence-corrected chi connectivity index (χ3v) is 4.93. The molecule has 0 unspecified atom stereocenters. The van der Waals surface area contributed by atoms with Crippen molar-refractivity contribution >= 4 is 28.1 Å². The minimum Gasteiger partial charge on any atom is -0.356 e. The lowest BCUT2D eigenvalue weighted by Crippen LogP contribution is -2.33. The molecule has 1 saturated heterocycles. The largest absolute Gasteiger partial charge is 0.356 e. The Morgan fingerprint density at radius 2 is 2.05 bits per heavy atom. The van der Waals surface area contributed by atoms with Crippen LogP contribution >= 0.6 is 11.3 Å². The van der Waals surface area contributed by atoms with Crippen molar-refractivity contribution in [2.45, 2.75) is 18.8 Å². The molecular formula is C16H16N4S. The molecule has 0 radical (unpaired) electrons. The second kappa shape index (κ2) is 5.41. The Morgan fingerprint density at radius 3 is 2.86 bits per heavy atom. The van der Waals surface area contributed by atoms with Crippen LogP contribution in [-0.2, 0) is 0 Å². The summed E-state index contributed by atoms with van der Waals surface area (Å²) in [5.74, 6) is 1.74. The van der Waals surface area contributed by atoms with Crippen molar-refractivity contribution in [1.29, 1.82) is 0 Å². The molecule has 0 bridgehead atoms. The SMILES string of the molecule is c1cc2c(N3CCC(c4ccsc4)CC3)ncnc2cn1. The maximum Gasteiger partial charge on any atom is 0.139 e. The predicted octanol–water partition coefficient (Wildman–Crippen LogP) is 3.47. The molecule has 1 aliphatic heterocycles. The lowest BCUT2D eigenvalue weighted by Gasteiger charge is -2.33. The third kappa shape index (κ3) is 2.38. The first-order valence-electron chi connectivity index (χ1n) is 7.23. The highest BCUT2D eigenvalue weighted by Crippen LogP contribution is 2.32. The van der Waals surface area contributed by atoms with Crippen LogP contribution in [0.25, 0.3) is 10.9 Å². The number of hydrogen-bond acceptors (Lipinski definition) is 5. The van der Waals surface area contributed by atoms with Gasteiger partial charge in [-0.25, -0.2) is 9.97 Å². The van der Waals surface area contributed by atoms with E-state index in [2.05, 4.69) is 36.7 Å².